The van der Waals surface area contributed by atoms with Crippen LogP contribution >= 0.6 is 0 Å². The fraction of sp³-hybridized carbons (Fsp3) is 0.448. The third kappa shape index (κ3) is 19.7. The molecule has 0 aromatic heterocycles. The molecule has 0 spiro atoms. The topological polar surface area (TPSA) is 0 Å². The van der Waals surface area contributed by atoms with Gasteiger partial charge in [-0.05, 0) is 56.8 Å². The second-order valence-electron chi connectivity index (χ2n) is 21.6. The first kappa shape index (κ1) is 60.6. The van der Waals surface area contributed by atoms with E-state index in [0.717, 1.165) is 25.7 Å². The molecule has 0 nitrogen and oxygen atoms in total. The molecule has 8 rings (SSSR count). The third-order valence-corrected chi connectivity index (χ3v) is 10.7. The summed E-state index contributed by atoms with van der Waals surface area (Å²) in [6.45, 7) is 40.6. The van der Waals surface area contributed by atoms with Crippen molar-refractivity contribution >= 4 is 10.9 Å². The largest absolute Gasteiger partial charge is 1.00 e. The number of halogens is 2. The summed E-state index contributed by atoms with van der Waals surface area (Å²) in [6.07, 6.45) is 18.7. The maximum Gasteiger partial charge on any atom is -1.00 e. The molecule has 340 valence electrons. The average molecular weight is 1080 g/mol. The molecule has 4 aliphatic rings. The molecular formula is C58H76Cl2Si2Zr2-2. The molecule has 0 N–H and O–H groups in total. The Labute approximate surface area is 435 Å². The van der Waals surface area contributed by atoms with Gasteiger partial charge < -0.3 is 24.8 Å². The van der Waals surface area contributed by atoms with E-state index in [0.29, 0.717) is 0 Å². The zero-order valence-corrected chi connectivity index (χ0v) is 51.1. The Morgan fingerprint density at radius 3 is 0.969 bits per heavy atom. The number of allylic oxidation sites excluding steroid dienone is 8. The molecule has 0 unspecified atom stereocenters. The molecular weight excluding hydrogens is 1010 g/mol. The summed E-state index contributed by atoms with van der Waals surface area (Å²) in [7, 11) is 0. The number of benzene rings is 4. The van der Waals surface area contributed by atoms with E-state index in [1.807, 2.05) is 0 Å². The van der Waals surface area contributed by atoms with Crippen LogP contribution in [0.1, 0.15) is 154 Å². The molecule has 0 saturated carbocycles. The monoisotopic (exact) mass is 1080 g/mol. The standard InChI is InChI=1S/2C21H25.2C6H7.2C2H6Si.2ClH.2Zr/c2*1-20(2,3)16-7-9-18-14(12-16)11-15-13-17(21(4,5)6)8-10-19(15)18;2*1-6-4-2-3-5-6;2*1-3-2;;;;/h2*7-10,12H,11H2,1-6H3;2*2,4H,3H2,1H3;2*1-2H3;2*1H;;/q4*-1;;;;;2*+2/p-2. The molecule has 0 atom stereocenters. The number of fused-ring (bicyclic) bond motifs is 6. The summed E-state index contributed by atoms with van der Waals surface area (Å²) in [4.78, 5) is 0. The Balaban J connectivity index is 0.000000441. The minimum atomic E-state index is 0. The quantitative estimate of drug-likeness (QED) is 0.105. The van der Waals surface area contributed by atoms with Gasteiger partial charge in [-0.15, -0.1) is 35.1 Å². The van der Waals surface area contributed by atoms with E-state index < -0.39 is 0 Å². The van der Waals surface area contributed by atoms with E-state index in [-0.39, 0.29) is 57.3 Å². The van der Waals surface area contributed by atoms with Gasteiger partial charge in [0, 0.05) is 0 Å². The Morgan fingerprint density at radius 2 is 0.750 bits per heavy atom. The van der Waals surface area contributed by atoms with Crippen LogP contribution in [-0.4, -0.2) is 10.9 Å². The van der Waals surface area contributed by atoms with E-state index in [2.05, 4.69) is 232 Å². The van der Waals surface area contributed by atoms with E-state index in [9.17, 15) is 0 Å². The molecule has 0 heterocycles. The van der Waals surface area contributed by atoms with Gasteiger partial charge >= 0.3 is 83.7 Å². The third-order valence-electron chi connectivity index (χ3n) is 10.7. The van der Waals surface area contributed by atoms with Gasteiger partial charge in [-0.3, -0.25) is 12.2 Å². The van der Waals surface area contributed by atoms with Crippen LogP contribution in [0.3, 0.4) is 0 Å². The van der Waals surface area contributed by atoms with Gasteiger partial charge in [0.2, 0.25) is 0 Å². The SMILES string of the molecule is CC(C)(C)c1[c-]c2c(cc1)-c1ccc(C(C)(C)C)cc1C2.CC(C)(C)c1[c-]c2c(cc1)-c1ccc(C(C)(C)C)cc1C2.CC1=[C-]CC=C1.CC1=[C-]CC=C1.C[Si](C)=[Zr+2].C[Si](C)=[Zr+2].[Cl-].[Cl-]. The fourth-order valence-electron chi connectivity index (χ4n) is 7.08. The molecule has 0 saturated heterocycles. The minimum Gasteiger partial charge on any atom is -1.00 e. The normalized spacial score (nSPS) is 13.5. The van der Waals surface area contributed by atoms with Gasteiger partial charge in [0.25, 0.3) is 0 Å². The minimum absolute atomic E-state index is 0. The second kappa shape index (κ2) is 26.4. The van der Waals surface area contributed by atoms with Crippen LogP contribution in [0.25, 0.3) is 22.3 Å². The molecule has 4 aliphatic carbocycles. The molecule has 4 aromatic rings. The number of hydrogen-bond acceptors (Lipinski definition) is 0. The van der Waals surface area contributed by atoms with Crippen LogP contribution in [0, 0.1) is 24.3 Å². The molecule has 4 aromatic carbocycles. The van der Waals surface area contributed by atoms with Gasteiger partial charge in [0.05, 0.1) is 0 Å². The Morgan fingerprint density at radius 1 is 0.453 bits per heavy atom. The Hall–Kier alpha value is -1.38. The van der Waals surface area contributed by atoms with Crippen molar-refractivity contribution in [2.45, 2.75) is 170 Å². The molecule has 0 aliphatic heterocycles. The van der Waals surface area contributed by atoms with Crippen LogP contribution in [0.5, 0.6) is 0 Å². The molecule has 0 radical (unpaired) electrons. The van der Waals surface area contributed by atoms with Crippen molar-refractivity contribution < 1.29 is 71.5 Å². The van der Waals surface area contributed by atoms with Crippen LogP contribution in [0.2, 0.25) is 26.2 Å². The van der Waals surface area contributed by atoms with Crippen molar-refractivity contribution in [2.75, 3.05) is 0 Å². The van der Waals surface area contributed by atoms with Gasteiger partial charge in [-0.1, -0.05) is 144 Å². The van der Waals surface area contributed by atoms with Crippen molar-refractivity contribution in [1.82, 2.24) is 0 Å². The number of hydrogen-bond donors (Lipinski definition) is 0. The van der Waals surface area contributed by atoms with Gasteiger partial charge in [0.1, 0.15) is 0 Å². The van der Waals surface area contributed by atoms with Crippen LogP contribution in [0.15, 0.2) is 96.1 Å². The van der Waals surface area contributed by atoms with Crippen LogP contribution in [0.4, 0.5) is 0 Å². The summed E-state index contributed by atoms with van der Waals surface area (Å²) in [5.74, 6) is 0. The predicted molar refractivity (Wildman–Crippen MR) is 269 cm³/mol. The van der Waals surface area contributed by atoms with Gasteiger partial charge in [-0.2, -0.15) is 59.7 Å². The van der Waals surface area contributed by atoms with Crippen molar-refractivity contribution in [1.29, 1.82) is 0 Å². The summed E-state index contributed by atoms with van der Waals surface area (Å²) in [5.41, 5.74) is 20.4. The van der Waals surface area contributed by atoms with Gasteiger partial charge in [-0.25, -0.2) is 23.3 Å². The maximum absolute atomic E-state index is 3.67. The fourth-order valence-corrected chi connectivity index (χ4v) is 7.08. The van der Waals surface area contributed by atoms with Crippen molar-refractivity contribution in [3.63, 3.8) is 0 Å². The van der Waals surface area contributed by atoms with Crippen LogP contribution < -0.4 is 24.8 Å². The van der Waals surface area contributed by atoms with Crippen molar-refractivity contribution in [2.24, 2.45) is 0 Å². The first-order valence-corrected chi connectivity index (χ1v) is 34.9. The van der Waals surface area contributed by atoms with E-state index in [4.69, 9.17) is 0 Å². The van der Waals surface area contributed by atoms with E-state index in [1.54, 1.807) is 46.7 Å². The van der Waals surface area contributed by atoms with Gasteiger partial charge in [0.15, 0.2) is 0 Å². The average Bonchev–Trinajstić information content (AvgIpc) is 3.96. The molecule has 0 bridgehead atoms. The Bertz CT molecular complexity index is 2030. The zero-order valence-electron chi connectivity index (χ0n) is 42.7. The molecule has 0 fully saturated rings. The van der Waals surface area contributed by atoms with Crippen LogP contribution in [-0.2, 0) is 81.2 Å². The molecule has 0 amide bonds. The Kier molecular flexibility index (Phi) is 25.0. The smallest absolute Gasteiger partial charge is 1.00 e. The first-order valence-electron chi connectivity index (χ1n) is 22.5. The molecule has 6 heteroatoms. The van der Waals surface area contributed by atoms with Crippen molar-refractivity contribution in [3.05, 3.63) is 165 Å². The summed E-state index contributed by atoms with van der Waals surface area (Å²) >= 11 is 3.48. The summed E-state index contributed by atoms with van der Waals surface area (Å²) in [5, 5.41) is 0. The summed E-state index contributed by atoms with van der Waals surface area (Å²) in [6, 6.07) is 30.3. The second-order valence-corrected chi connectivity index (χ2v) is 40.3. The molecule has 64 heavy (non-hydrogen) atoms. The van der Waals surface area contributed by atoms with Crippen molar-refractivity contribution in [3.8, 4) is 22.3 Å². The summed E-state index contributed by atoms with van der Waals surface area (Å²) < 4.78 is 0. The maximum atomic E-state index is 3.67. The first-order chi connectivity index (χ1) is 28.6. The predicted octanol–water partition coefficient (Wildman–Crippen LogP) is 10.3. The number of rotatable bonds is 0. The zero-order chi connectivity index (χ0) is 46.8. The van der Waals surface area contributed by atoms with E-state index in [1.165, 1.54) is 77.9 Å². The van der Waals surface area contributed by atoms with E-state index >= 15 is 0 Å².